The topological polar surface area (TPSA) is 140 Å². The van der Waals surface area contributed by atoms with Crippen LogP contribution in [0, 0.1) is 18.8 Å². The van der Waals surface area contributed by atoms with Crippen LogP contribution in [-0.2, 0) is 9.53 Å². The van der Waals surface area contributed by atoms with Crippen molar-refractivity contribution < 1.29 is 23.4 Å². The zero-order valence-corrected chi connectivity index (χ0v) is 32.0. The average Bonchev–Trinajstić information content (AvgIpc) is 3.87. The summed E-state index contributed by atoms with van der Waals surface area (Å²) in [7, 11) is 1.50. The standard InChI is InChI=1S/C30H45FN4O2.C7H6N2O.C2H2.CH3F.CH4O/c1-22-12-13-24(3)28(29(37-21-16-22)25(4)34-17-8-9-18-34)33-30(32)26(31)10-6-5-7-11-27(36)35-19-14-23(2)15-20-35;10-7-8-5-3-1-2-4-6(5)9-7;3*1-2/h12-13,16,23,26H,3-11,14-15,17-21H2,1-2H3,(H2,32,33);1-4H,(H2,8,9,10);1-2H;1H3;2H,1H3/b13-12-,22-16-,29-28+;;;;. The van der Waals surface area contributed by atoms with E-state index in [4.69, 9.17) is 15.6 Å². The number of halogens is 2. The summed E-state index contributed by atoms with van der Waals surface area (Å²) in [5.74, 6) is 1.35. The van der Waals surface area contributed by atoms with Crippen LogP contribution in [0.3, 0.4) is 0 Å². The van der Waals surface area contributed by atoms with Gasteiger partial charge in [-0.3, -0.25) is 9.18 Å². The van der Waals surface area contributed by atoms with Gasteiger partial charge in [-0.1, -0.05) is 62.8 Å². The number of nitrogens with two attached hydrogens (primary N) is 1. The van der Waals surface area contributed by atoms with E-state index < -0.39 is 6.17 Å². The number of hydrogen-bond acceptors (Lipinski definition) is 6. The predicted molar refractivity (Wildman–Crippen MR) is 214 cm³/mol. The Hall–Kier alpha value is -4.89. The third kappa shape index (κ3) is 15.7. The number of ether oxygens (including phenoxy) is 1. The number of aliphatic hydroxyl groups is 1. The number of likely N-dealkylation sites (tertiary alicyclic amines) is 2. The second kappa shape index (κ2) is 26.0. The molecule has 5 rings (SSSR count). The maximum absolute atomic E-state index is 15.1. The Bertz CT molecular complexity index is 1590. The van der Waals surface area contributed by atoms with Crippen molar-refractivity contribution in [2.45, 2.75) is 77.8 Å². The minimum absolute atomic E-state index is 0.0812. The van der Waals surface area contributed by atoms with E-state index in [0.717, 1.165) is 94.1 Å². The third-order valence-corrected chi connectivity index (χ3v) is 8.92. The first kappa shape index (κ1) is 46.1. The Balaban J connectivity index is 0.000000729. The molecule has 0 bridgehead atoms. The number of H-pyrrole nitrogens is 2. The number of terminal acetylenes is 1. The number of imidazole rings is 1. The van der Waals surface area contributed by atoms with Crippen LogP contribution in [0.2, 0.25) is 0 Å². The number of unbranched alkanes of at least 4 members (excludes halogenated alkanes) is 2. The van der Waals surface area contributed by atoms with Crippen LogP contribution in [0.4, 0.5) is 8.78 Å². The van der Waals surface area contributed by atoms with Gasteiger partial charge in [0.25, 0.3) is 0 Å². The van der Waals surface area contributed by atoms with Crippen molar-refractivity contribution in [1.82, 2.24) is 19.8 Å². The number of amidine groups is 1. The number of fused-ring (bicyclic) bond motifs is 1. The maximum atomic E-state index is 15.1. The zero-order valence-electron chi connectivity index (χ0n) is 32.0. The number of alkyl halides is 2. The monoisotopic (exact) mass is 738 g/mol. The fraction of sp³-hybridized carbons (Fsp3) is 0.488. The van der Waals surface area contributed by atoms with E-state index in [-0.39, 0.29) is 23.9 Å². The number of carbonyl (C=O) groups is 1. The molecule has 1 aromatic carbocycles. The number of aromatic amines is 2. The molecule has 10 nitrogen and oxygen atoms in total. The second-order valence-corrected chi connectivity index (χ2v) is 12.7. The van der Waals surface area contributed by atoms with E-state index in [0.29, 0.717) is 49.6 Å². The molecule has 0 radical (unpaired) electrons. The Morgan fingerprint density at radius 1 is 1.04 bits per heavy atom. The van der Waals surface area contributed by atoms with Gasteiger partial charge < -0.3 is 35.3 Å². The fourth-order valence-corrected chi connectivity index (χ4v) is 5.84. The highest BCUT2D eigenvalue weighted by molar-refractivity contribution is 5.86. The normalized spacial score (nSPS) is 19.7. The van der Waals surface area contributed by atoms with Gasteiger partial charge in [-0.25, -0.2) is 14.2 Å². The maximum Gasteiger partial charge on any atom is 0.323 e. The van der Waals surface area contributed by atoms with Crippen LogP contribution in [0.5, 0.6) is 0 Å². The van der Waals surface area contributed by atoms with E-state index in [2.05, 4.69) is 52.8 Å². The Labute approximate surface area is 314 Å². The van der Waals surface area contributed by atoms with Gasteiger partial charge >= 0.3 is 5.69 Å². The number of benzene rings is 1. The van der Waals surface area contributed by atoms with Gasteiger partial charge in [0.05, 0.1) is 23.9 Å². The smallest absolute Gasteiger partial charge is 0.323 e. The van der Waals surface area contributed by atoms with Gasteiger partial charge in [0, 0.05) is 39.7 Å². The van der Waals surface area contributed by atoms with Crippen LogP contribution in [0.25, 0.3) is 11.0 Å². The molecule has 3 aliphatic heterocycles. The first-order valence-electron chi connectivity index (χ1n) is 18.1. The average molecular weight is 739 g/mol. The number of para-hydroxylation sites is 2. The summed E-state index contributed by atoms with van der Waals surface area (Å²) in [5.41, 5.74) is 10.5. The summed E-state index contributed by atoms with van der Waals surface area (Å²) in [6, 6.07) is 7.47. The van der Waals surface area contributed by atoms with Crippen LogP contribution in [-0.4, -0.2) is 89.9 Å². The Kier molecular flexibility index (Phi) is 22.6. The highest BCUT2D eigenvalue weighted by Gasteiger charge is 2.24. The van der Waals surface area contributed by atoms with Crippen LogP contribution < -0.4 is 11.4 Å². The number of carbonyl (C=O) groups excluding carboxylic acids is 1. The Morgan fingerprint density at radius 2 is 1.62 bits per heavy atom. The van der Waals surface area contributed by atoms with Gasteiger partial charge in [-0.05, 0) is 75.1 Å². The number of rotatable bonds is 10. The summed E-state index contributed by atoms with van der Waals surface area (Å²) in [6.07, 6.45) is 19.8. The van der Waals surface area contributed by atoms with Crippen molar-refractivity contribution >= 4 is 22.8 Å². The molecule has 0 spiro atoms. The second-order valence-electron chi connectivity index (χ2n) is 12.7. The lowest BCUT2D eigenvalue weighted by atomic mass is 9.99. The molecule has 53 heavy (non-hydrogen) atoms. The molecule has 5 N–H and O–H groups in total. The molecule has 292 valence electrons. The Morgan fingerprint density at radius 3 is 2.21 bits per heavy atom. The van der Waals surface area contributed by atoms with E-state index >= 15 is 4.39 Å². The molecule has 0 aliphatic carbocycles. The number of aliphatic hydroxyl groups excluding tert-OH is 1. The fourth-order valence-electron chi connectivity index (χ4n) is 5.84. The summed E-state index contributed by atoms with van der Waals surface area (Å²) in [5, 5.41) is 7.00. The first-order valence-corrected chi connectivity index (χ1v) is 18.1. The zero-order chi connectivity index (χ0) is 39.8. The van der Waals surface area contributed by atoms with Crippen molar-refractivity contribution in [2.75, 3.05) is 47.1 Å². The van der Waals surface area contributed by atoms with Gasteiger partial charge in [0.2, 0.25) is 5.91 Å². The quantitative estimate of drug-likeness (QED) is 0.0888. The molecule has 3 aliphatic rings. The van der Waals surface area contributed by atoms with Crippen LogP contribution in [0.1, 0.15) is 71.6 Å². The number of allylic oxidation sites excluding steroid dienone is 3. The molecule has 0 saturated carbocycles. The number of hydrogen-bond donors (Lipinski definition) is 4. The van der Waals surface area contributed by atoms with Gasteiger partial charge in [-0.2, -0.15) is 0 Å². The van der Waals surface area contributed by atoms with Crippen LogP contribution >= 0.6 is 0 Å². The van der Waals surface area contributed by atoms with Gasteiger partial charge in [0.1, 0.15) is 18.1 Å². The van der Waals surface area contributed by atoms with Crippen LogP contribution in [0.15, 0.2) is 93.7 Å². The highest BCUT2D eigenvalue weighted by Crippen LogP contribution is 2.29. The van der Waals surface area contributed by atoms with E-state index in [9.17, 15) is 14.0 Å². The summed E-state index contributed by atoms with van der Waals surface area (Å²) in [6.45, 7) is 16.5. The van der Waals surface area contributed by atoms with Crippen molar-refractivity contribution in [3.63, 3.8) is 0 Å². The van der Waals surface area contributed by atoms with E-state index in [1.54, 1.807) is 0 Å². The number of piperidine rings is 1. The molecule has 12 heteroatoms. The summed E-state index contributed by atoms with van der Waals surface area (Å²) in [4.78, 5) is 37.0. The van der Waals surface area contributed by atoms with Crippen molar-refractivity contribution in [3.8, 4) is 12.8 Å². The molecule has 1 aromatic heterocycles. The van der Waals surface area contributed by atoms with Crippen molar-refractivity contribution in [3.05, 3.63) is 94.4 Å². The van der Waals surface area contributed by atoms with Crippen molar-refractivity contribution in [1.29, 1.82) is 0 Å². The van der Waals surface area contributed by atoms with E-state index in [1.807, 2.05) is 54.3 Å². The number of amides is 1. The van der Waals surface area contributed by atoms with Gasteiger partial charge in [0.15, 0.2) is 11.9 Å². The SMILES string of the molecule is C#C.C=C1/C=C\C(C)=C/CO/C(C(=C)N2CCCC2)=C\1N=C(N)C(F)CCCCCC(=O)N1CCC(C)CC1.CF.CO.O=c1[nH]c2ccccc2[nH]1. The minimum atomic E-state index is -1.38. The molecule has 2 saturated heterocycles. The number of nitrogens with one attached hydrogen (secondary N) is 2. The molecule has 2 aromatic rings. The lowest BCUT2D eigenvalue weighted by Crippen LogP contribution is -2.37. The first-order chi connectivity index (χ1) is 25.6. The lowest BCUT2D eigenvalue weighted by Gasteiger charge is -2.30. The summed E-state index contributed by atoms with van der Waals surface area (Å²) >= 11 is 0. The molecule has 1 unspecified atom stereocenters. The lowest BCUT2D eigenvalue weighted by molar-refractivity contribution is -0.132. The molecule has 2 fully saturated rings. The van der Waals surface area contributed by atoms with Gasteiger partial charge in [-0.15, -0.1) is 12.8 Å². The summed E-state index contributed by atoms with van der Waals surface area (Å²) < 4.78 is 30.7. The largest absolute Gasteiger partial charge is 0.485 e. The van der Waals surface area contributed by atoms with Crippen molar-refractivity contribution in [2.24, 2.45) is 16.6 Å². The number of aliphatic imine (C=N–C) groups is 1. The minimum Gasteiger partial charge on any atom is -0.485 e. The predicted octanol–water partition coefficient (Wildman–Crippen LogP) is 7.10. The third-order valence-electron chi connectivity index (χ3n) is 8.92. The van der Waals surface area contributed by atoms with E-state index in [1.165, 1.54) is 0 Å². The molecule has 1 amide bonds. The molecular formula is C41H60F2N6O4. The molecule has 1 atom stereocenters. The molecule has 4 heterocycles. The highest BCUT2D eigenvalue weighted by atomic mass is 19.1. The number of nitrogens with zero attached hydrogens (tertiary/aromatic N) is 3. The molecular weight excluding hydrogens is 678 g/mol. The number of aromatic nitrogens is 2.